The van der Waals surface area contributed by atoms with E-state index < -0.39 is 0 Å². The molecule has 3 aromatic rings. The number of fused-ring (bicyclic) bond motifs is 1. The maximum absolute atomic E-state index is 12.9. The van der Waals surface area contributed by atoms with E-state index in [1.807, 2.05) is 49.1 Å². The second-order valence-electron chi connectivity index (χ2n) is 7.18. The summed E-state index contributed by atoms with van der Waals surface area (Å²) in [5.74, 6) is 0.830. The number of benzene rings is 2. The molecule has 1 aromatic heterocycles. The predicted molar refractivity (Wildman–Crippen MR) is 109 cm³/mol. The van der Waals surface area contributed by atoms with Crippen LogP contribution < -0.4 is 4.74 Å². The molecule has 2 heterocycles. The molecule has 1 aliphatic heterocycles. The number of para-hydroxylation sites is 1. The Morgan fingerprint density at radius 1 is 1.22 bits per heavy atom. The third kappa shape index (κ3) is 3.83. The first-order valence-electron chi connectivity index (χ1n) is 9.47. The van der Waals surface area contributed by atoms with E-state index in [-0.39, 0.29) is 18.6 Å². The first-order chi connectivity index (χ1) is 13.1. The molecule has 0 saturated carbocycles. The van der Waals surface area contributed by atoms with Gasteiger partial charge in [0.2, 0.25) is 0 Å². The Labute approximate surface area is 163 Å². The highest BCUT2D eigenvalue weighted by Crippen LogP contribution is 2.35. The Morgan fingerprint density at radius 2 is 2.07 bits per heavy atom. The molecule has 0 bridgehead atoms. The fourth-order valence-electron chi connectivity index (χ4n) is 3.60. The fraction of sp³-hybridized carbons (Fsp3) is 0.364. The van der Waals surface area contributed by atoms with Gasteiger partial charge in [-0.1, -0.05) is 24.3 Å². The van der Waals surface area contributed by atoms with E-state index in [4.69, 9.17) is 9.72 Å². The van der Waals surface area contributed by atoms with Gasteiger partial charge < -0.3 is 9.64 Å². The predicted octanol–water partition coefficient (Wildman–Crippen LogP) is 5.05. The molecule has 0 N–H and O–H groups in total. The summed E-state index contributed by atoms with van der Waals surface area (Å²) >= 11 is 1.70. The monoisotopic (exact) mass is 380 g/mol. The number of carbonyl (C=O) groups excluding carboxylic acids is 1. The number of ether oxygens (including phenoxy) is 1. The molecular formula is C22H24N2O2S. The Morgan fingerprint density at radius 3 is 2.93 bits per heavy atom. The van der Waals surface area contributed by atoms with Crippen LogP contribution in [0.5, 0.6) is 5.75 Å². The highest BCUT2D eigenvalue weighted by Gasteiger charge is 2.30. The van der Waals surface area contributed by atoms with Gasteiger partial charge in [0, 0.05) is 6.54 Å². The fourth-order valence-corrected chi connectivity index (χ4v) is 4.72. The second-order valence-corrected chi connectivity index (χ2v) is 8.24. The van der Waals surface area contributed by atoms with Crippen LogP contribution in [0, 0.1) is 13.8 Å². The lowest BCUT2D eigenvalue weighted by Gasteiger charge is -2.34. The summed E-state index contributed by atoms with van der Waals surface area (Å²) in [6.45, 7) is 4.88. The molecule has 2 aromatic carbocycles. The van der Waals surface area contributed by atoms with Gasteiger partial charge >= 0.3 is 0 Å². The van der Waals surface area contributed by atoms with Crippen LogP contribution in [0.1, 0.15) is 41.4 Å². The Kier molecular flexibility index (Phi) is 5.12. The largest absolute Gasteiger partial charge is 0.483 e. The molecule has 0 spiro atoms. The van der Waals surface area contributed by atoms with Crippen molar-refractivity contribution < 1.29 is 9.53 Å². The molecule has 1 amide bonds. The van der Waals surface area contributed by atoms with Gasteiger partial charge in [-0.2, -0.15) is 0 Å². The number of piperidine rings is 1. The maximum Gasteiger partial charge on any atom is 0.261 e. The number of rotatable bonds is 4. The highest BCUT2D eigenvalue weighted by molar-refractivity contribution is 7.18. The molecule has 5 heteroatoms. The van der Waals surface area contributed by atoms with Gasteiger partial charge in [-0.3, -0.25) is 4.79 Å². The Bertz CT molecular complexity index is 933. The van der Waals surface area contributed by atoms with Gasteiger partial charge in [-0.15, -0.1) is 11.3 Å². The van der Waals surface area contributed by atoms with E-state index in [9.17, 15) is 4.79 Å². The van der Waals surface area contributed by atoms with Crippen LogP contribution >= 0.6 is 11.3 Å². The smallest absolute Gasteiger partial charge is 0.261 e. The summed E-state index contributed by atoms with van der Waals surface area (Å²) in [5, 5.41) is 1.04. The van der Waals surface area contributed by atoms with E-state index in [2.05, 4.69) is 12.1 Å². The zero-order valence-corrected chi connectivity index (χ0v) is 16.6. The van der Waals surface area contributed by atoms with Gasteiger partial charge in [0.25, 0.3) is 5.91 Å². The van der Waals surface area contributed by atoms with Crippen molar-refractivity contribution in [1.29, 1.82) is 0 Å². The van der Waals surface area contributed by atoms with Crippen LogP contribution in [-0.4, -0.2) is 28.9 Å². The van der Waals surface area contributed by atoms with E-state index in [0.717, 1.165) is 53.2 Å². The van der Waals surface area contributed by atoms with Gasteiger partial charge in [0.1, 0.15) is 10.8 Å². The van der Waals surface area contributed by atoms with Gasteiger partial charge in [-0.25, -0.2) is 4.98 Å². The zero-order valence-electron chi connectivity index (χ0n) is 15.8. The number of carbonyl (C=O) groups is 1. The maximum atomic E-state index is 12.9. The molecule has 4 rings (SSSR count). The van der Waals surface area contributed by atoms with Gasteiger partial charge in [0.05, 0.1) is 16.3 Å². The third-order valence-corrected chi connectivity index (χ3v) is 6.25. The lowest BCUT2D eigenvalue weighted by molar-refractivity contribution is -0.137. The number of hydrogen-bond donors (Lipinski definition) is 0. The molecule has 1 saturated heterocycles. The number of nitrogens with zero attached hydrogens (tertiary/aromatic N) is 2. The van der Waals surface area contributed by atoms with E-state index in [1.165, 1.54) is 4.70 Å². The number of amides is 1. The minimum Gasteiger partial charge on any atom is -0.483 e. The highest BCUT2D eigenvalue weighted by atomic mass is 32.1. The number of thiazole rings is 1. The van der Waals surface area contributed by atoms with Crippen molar-refractivity contribution in [2.45, 2.75) is 39.2 Å². The summed E-state index contributed by atoms with van der Waals surface area (Å²) < 4.78 is 7.05. The van der Waals surface area contributed by atoms with Gasteiger partial charge in [-0.05, 0) is 62.4 Å². The normalized spacial score (nSPS) is 17.3. The molecule has 0 radical (unpaired) electrons. The van der Waals surface area contributed by atoms with E-state index >= 15 is 0 Å². The number of aryl methyl sites for hydroxylation is 2. The van der Waals surface area contributed by atoms with Crippen LogP contribution in [0.4, 0.5) is 0 Å². The van der Waals surface area contributed by atoms with Crippen molar-refractivity contribution in [3.05, 3.63) is 58.6 Å². The average Bonchev–Trinajstić information content (AvgIpc) is 3.12. The lowest BCUT2D eigenvalue weighted by atomic mass is 10.0. The van der Waals surface area contributed by atoms with Crippen LogP contribution in [0.2, 0.25) is 0 Å². The van der Waals surface area contributed by atoms with Crippen LogP contribution in [0.15, 0.2) is 42.5 Å². The minimum atomic E-state index is 0.0415. The van der Waals surface area contributed by atoms with Crippen molar-refractivity contribution in [2.24, 2.45) is 0 Å². The summed E-state index contributed by atoms with van der Waals surface area (Å²) in [5.41, 5.74) is 3.20. The third-order valence-electron chi connectivity index (χ3n) is 5.11. The first kappa shape index (κ1) is 18.0. The van der Waals surface area contributed by atoms with Crippen LogP contribution in [-0.2, 0) is 4.79 Å². The molecule has 1 aliphatic rings. The van der Waals surface area contributed by atoms with Crippen LogP contribution in [0.3, 0.4) is 0 Å². The molecule has 0 aliphatic carbocycles. The molecule has 0 unspecified atom stereocenters. The van der Waals surface area contributed by atoms with Crippen molar-refractivity contribution in [3.8, 4) is 5.75 Å². The minimum absolute atomic E-state index is 0.0415. The average molecular weight is 381 g/mol. The lowest BCUT2D eigenvalue weighted by Crippen LogP contribution is -2.41. The summed E-state index contributed by atoms with van der Waals surface area (Å²) in [7, 11) is 0. The SMILES string of the molecule is Cc1ccc(C)c(OCC(=O)N2CCCC[C@@H]2c2nc3ccccc3s2)c1. The molecule has 1 fully saturated rings. The van der Waals surface area contributed by atoms with E-state index in [1.54, 1.807) is 11.3 Å². The number of likely N-dealkylation sites (tertiary alicyclic amines) is 1. The topological polar surface area (TPSA) is 42.4 Å². The molecule has 4 nitrogen and oxygen atoms in total. The van der Waals surface area contributed by atoms with Crippen molar-refractivity contribution >= 4 is 27.5 Å². The van der Waals surface area contributed by atoms with E-state index in [0.29, 0.717) is 0 Å². The Hall–Kier alpha value is -2.40. The molecule has 1 atom stereocenters. The summed E-state index contributed by atoms with van der Waals surface area (Å²) in [6, 6.07) is 14.3. The standard InChI is InChI=1S/C22H24N2O2S/c1-15-10-11-16(2)19(13-15)26-14-21(25)24-12-6-5-8-18(24)22-23-17-7-3-4-9-20(17)27-22/h3-4,7,9-11,13,18H,5-6,8,12,14H2,1-2H3/t18-/m1/s1. The Balaban J connectivity index is 1.51. The molecule has 27 heavy (non-hydrogen) atoms. The molecular weight excluding hydrogens is 356 g/mol. The van der Waals surface area contributed by atoms with Crippen LogP contribution in [0.25, 0.3) is 10.2 Å². The number of aromatic nitrogens is 1. The molecule has 140 valence electrons. The summed E-state index contributed by atoms with van der Waals surface area (Å²) in [6.07, 6.45) is 3.13. The van der Waals surface area contributed by atoms with Crippen molar-refractivity contribution in [2.75, 3.05) is 13.2 Å². The van der Waals surface area contributed by atoms with Crippen molar-refractivity contribution in [3.63, 3.8) is 0 Å². The second kappa shape index (κ2) is 7.69. The quantitative estimate of drug-likeness (QED) is 0.636. The number of hydrogen-bond acceptors (Lipinski definition) is 4. The zero-order chi connectivity index (χ0) is 18.8. The van der Waals surface area contributed by atoms with Gasteiger partial charge in [0.15, 0.2) is 6.61 Å². The summed E-state index contributed by atoms with van der Waals surface area (Å²) in [4.78, 5) is 19.7. The van der Waals surface area contributed by atoms with Crippen molar-refractivity contribution in [1.82, 2.24) is 9.88 Å². The first-order valence-corrected chi connectivity index (χ1v) is 10.3.